The second kappa shape index (κ2) is 12.8. The molecule has 1 amide bonds. The van der Waals surface area contributed by atoms with Crippen LogP contribution >= 0.6 is 7.60 Å². The number of amides is 1. The number of fused-ring (bicyclic) bond motifs is 5. The predicted molar refractivity (Wildman–Crippen MR) is 159 cm³/mol. The highest BCUT2D eigenvalue weighted by molar-refractivity contribution is 7.51. The maximum absolute atomic E-state index is 12.4. The van der Waals surface area contributed by atoms with Crippen LogP contribution in [0.2, 0.25) is 0 Å². The number of nitrogens with one attached hydrogen (secondary N) is 1. The van der Waals surface area contributed by atoms with Crippen molar-refractivity contribution < 1.29 is 28.6 Å². The molecule has 2 unspecified atom stereocenters. The van der Waals surface area contributed by atoms with Gasteiger partial charge in [0, 0.05) is 19.6 Å². The first-order valence-corrected chi connectivity index (χ1v) is 18.0. The minimum absolute atomic E-state index is 0.0901. The molecule has 0 radical (unpaired) electrons. The molecule has 7 nitrogen and oxygen atoms in total. The van der Waals surface area contributed by atoms with Gasteiger partial charge in [-0.05, 0) is 91.3 Å². The number of rotatable bonds is 11. The van der Waals surface area contributed by atoms with Gasteiger partial charge in [0.2, 0.25) is 0 Å². The van der Waals surface area contributed by atoms with Crippen molar-refractivity contribution in [1.29, 1.82) is 0 Å². The summed E-state index contributed by atoms with van der Waals surface area (Å²) in [5.41, 5.74) is 2.17. The Morgan fingerprint density at radius 1 is 1.12 bits per heavy atom. The monoisotopic (exact) mass is 581 g/mol. The van der Waals surface area contributed by atoms with Gasteiger partial charge < -0.3 is 24.6 Å². The summed E-state index contributed by atoms with van der Waals surface area (Å²) in [7, 11) is -3.66. The molecule has 0 aliphatic heterocycles. The Morgan fingerprint density at radius 2 is 1.88 bits per heavy atom. The Kier molecular flexibility index (Phi) is 10.2. The predicted octanol–water partition coefficient (Wildman–Crippen LogP) is 7.32. The standard InChI is InChI=1S/C32H56NO6P/c1-21(2)8-7-9-22(3)27-12-13-28-26-11-10-23-18-25(14-16-31(23,4)29(26)15-17-32(27,28)5)39-30(35)33-19-24(34)20-38-40(6,36)37/h10,21-22,24-29,34H,7-9,11-20H2,1-6H3,(H,33,35)(H,36,37)/t22-,24?,25+,26+,27-,28+,29+,31+,32-/m1/s1. The minimum atomic E-state index is -3.66. The third-order valence-electron chi connectivity index (χ3n) is 11.5. The molecule has 3 N–H and O–H groups in total. The van der Waals surface area contributed by atoms with Gasteiger partial charge in [-0.15, -0.1) is 0 Å². The van der Waals surface area contributed by atoms with Crippen molar-refractivity contribution in [3.8, 4) is 0 Å². The van der Waals surface area contributed by atoms with Crippen LogP contribution in [0.15, 0.2) is 11.6 Å². The first kappa shape index (κ1) is 32.0. The van der Waals surface area contributed by atoms with Crippen LogP contribution in [-0.4, -0.2) is 48.1 Å². The number of carbonyl (C=O) groups excluding carboxylic acids is 1. The zero-order valence-electron chi connectivity index (χ0n) is 25.9. The number of ether oxygens (including phenoxy) is 1. The molecule has 4 aliphatic rings. The fraction of sp³-hybridized carbons (Fsp3) is 0.906. The van der Waals surface area contributed by atoms with Crippen molar-refractivity contribution >= 4 is 13.7 Å². The van der Waals surface area contributed by atoms with Crippen LogP contribution in [0.1, 0.15) is 105 Å². The van der Waals surface area contributed by atoms with E-state index >= 15 is 0 Å². The zero-order chi connectivity index (χ0) is 29.3. The molecule has 0 spiro atoms. The third-order valence-corrected chi connectivity index (χ3v) is 12.2. The number of aliphatic hydroxyl groups excluding tert-OH is 1. The lowest BCUT2D eigenvalue weighted by atomic mass is 9.47. The van der Waals surface area contributed by atoms with Crippen LogP contribution < -0.4 is 5.32 Å². The van der Waals surface area contributed by atoms with Gasteiger partial charge in [-0.25, -0.2) is 4.79 Å². The van der Waals surface area contributed by atoms with Gasteiger partial charge in [0.05, 0.1) is 12.7 Å². The molecule has 0 aromatic carbocycles. The normalized spacial score (nSPS) is 38.3. The van der Waals surface area contributed by atoms with Gasteiger partial charge in [-0.2, -0.15) is 0 Å². The van der Waals surface area contributed by atoms with E-state index in [1.54, 1.807) is 0 Å². The van der Waals surface area contributed by atoms with Gasteiger partial charge in [0.1, 0.15) is 6.10 Å². The maximum Gasteiger partial charge on any atom is 0.407 e. The molecular weight excluding hydrogens is 525 g/mol. The molecule has 0 bridgehead atoms. The molecule has 0 heterocycles. The molecule has 4 aliphatic carbocycles. The van der Waals surface area contributed by atoms with Crippen LogP contribution in [0.25, 0.3) is 0 Å². The first-order chi connectivity index (χ1) is 18.7. The molecule has 4 rings (SSSR count). The van der Waals surface area contributed by atoms with Gasteiger partial charge >= 0.3 is 13.7 Å². The zero-order valence-corrected chi connectivity index (χ0v) is 26.8. The van der Waals surface area contributed by atoms with Gasteiger partial charge in [-0.1, -0.05) is 65.5 Å². The van der Waals surface area contributed by atoms with Gasteiger partial charge in [0.25, 0.3) is 0 Å². The van der Waals surface area contributed by atoms with E-state index in [4.69, 9.17) is 9.26 Å². The Hall–Kier alpha value is -0.880. The number of hydrogen-bond acceptors (Lipinski definition) is 5. The van der Waals surface area contributed by atoms with E-state index < -0.39 is 19.8 Å². The molecule has 0 saturated heterocycles. The number of carbonyl (C=O) groups is 1. The number of aliphatic hydroxyl groups is 1. The van der Waals surface area contributed by atoms with Crippen LogP contribution in [0, 0.1) is 46.3 Å². The summed E-state index contributed by atoms with van der Waals surface area (Å²) in [6.07, 6.45) is 14.2. The lowest BCUT2D eigenvalue weighted by molar-refractivity contribution is -0.0582. The Balaban J connectivity index is 1.32. The van der Waals surface area contributed by atoms with Crippen molar-refractivity contribution in [3.05, 3.63) is 11.6 Å². The van der Waals surface area contributed by atoms with E-state index in [2.05, 4.69) is 46.0 Å². The number of allylic oxidation sites excluding steroid dienone is 1. The molecule has 230 valence electrons. The molecule has 3 fully saturated rings. The summed E-state index contributed by atoms with van der Waals surface area (Å²) in [5.74, 6) is 4.84. The highest BCUT2D eigenvalue weighted by atomic mass is 31.2. The first-order valence-electron chi connectivity index (χ1n) is 16.0. The van der Waals surface area contributed by atoms with Crippen molar-refractivity contribution in [3.63, 3.8) is 0 Å². The summed E-state index contributed by atoms with van der Waals surface area (Å²) in [4.78, 5) is 21.6. The third kappa shape index (κ3) is 7.18. The average Bonchev–Trinajstić information content (AvgIpc) is 3.23. The van der Waals surface area contributed by atoms with E-state index in [1.807, 2.05) is 0 Å². The number of hydrogen-bond donors (Lipinski definition) is 3. The molecule has 8 heteroatoms. The molecule has 0 aromatic heterocycles. The van der Waals surface area contributed by atoms with Crippen molar-refractivity contribution in [1.82, 2.24) is 5.32 Å². The van der Waals surface area contributed by atoms with Crippen molar-refractivity contribution in [2.75, 3.05) is 19.8 Å². The lowest BCUT2D eigenvalue weighted by Gasteiger charge is -2.58. The van der Waals surface area contributed by atoms with Crippen LogP contribution in [0.3, 0.4) is 0 Å². The second-order valence-corrected chi connectivity index (χ2v) is 16.6. The Morgan fingerprint density at radius 3 is 2.58 bits per heavy atom. The lowest BCUT2D eigenvalue weighted by Crippen LogP contribution is -2.51. The van der Waals surface area contributed by atoms with E-state index in [0.29, 0.717) is 5.41 Å². The van der Waals surface area contributed by atoms with E-state index in [0.717, 1.165) is 61.4 Å². The van der Waals surface area contributed by atoms with E-state index in [9.17, 15) is 19.4 Å². The fourth-order valence-electron chi connectivity index (χ4n) is 9.43. The summed E-state index contributed by atoms with van der Waals surface area (Å²) in [6.45, 7) is 13.0. The summed E-state index contributed by atoms with van der Waals surface area (Å²) in [6, 6.07) is 0. The minimum Gasteiger partial charge on any atom is -0.446 e. The molecule has 40 heavy (non-hydrogen) atoms. The van der Waals surface area contributed by atoms with Crippen molar-refractivity contribution in [2.45, 2.75) is 117 Å². The smallest absolute Gasteiger partial charge is 0.407 e. The maximum atomic E-state index is 12.4. The Labute approximate surface area is 242 Å². The largest absolute Gasteiger partial charge is 0.446 e. The molecule has 3 saturated carbocycles. The van der Waals surface area contributed by atoms with Gasteiger partial charge in [-0.3, -0.25) is 4.57 Å². The van der Waals surface area contributed by atoms with E-state index in [1.165, 1.54) is 56.9 Å². The Bertz CT molecular complexity index is 963. The van der Waals surface area contributed by atoms with Crippen LogP contribution in [-0.2, 0) is 13.8 Å². The van der Waals surface area contributed by atoms with Crippen molar-refractivity contribution in [2.24, 2.45) is 46.3 Å². The highest BCUT2D eigenvalue weighted by Crippen LogP contribution is 2.67. The van der Waals surface area contributed by atoms with Crippen LogP contribution in [0.4, 0.5) is 4.79 Å². The average molecular weight is 582 g/mol. The van der Waals surface area contributed by atoms with E-state index in [-0.39, 0.29) is 24.7 Å². The highest BCUT2D eigenvalue weighted by Gasteiger charge is 2.59. The summed E-state index contributed by atoms with van der Waals surface area (Å²) >= 11 is 0. The van der Waals surface area contributed by atoms with Gasteiger partial charge in [0.15, 0.2) is 0 Å². The fourth-order valence-corrected chi connectivity index (χ4v) is 9.88. The SMILES string of the molecule is CC(C)CCC[C@@H](C)[C@H]1CC[C@H]2[C@@H]3CC=C4C[C@@H](OC(=O)NCC(O)COP(C)(=O)O)CC[C@]4(C)[C@H]3CC[C@]12C. The second-order valence-electron chi connectivity index (χ2n) is 14.7. The van der Waals surface area contributed by atoms with Crippen LogP contribution in [0.5, 0.6) is 0 Å². The molecular formula is C32H56NO6P. The topological polar surface area (TPSA) is 105 Å². The quantitative estimate of drug-likeness (QED) is 0.174. The molecule has 0 aromatic rings. The summed E-state index contributed by atoms with van der Waals surface area (Å²) < 4.78 is 21.7. The number of alkyl carbamates (subject to hydrolysis) is 1. The molecule has 10 atom stereocenters. The summed E-state index contributed by atoms with van der Waals surface area (Å²) in [5, 5.41) is 12.5.